The molecule has 0 aromatic carbocycles. The van der Waals surface area contributed by atoms with Gasteiger partial charge in [0.2, 0.25) is 5.91 Å². The highest BCUT2D eigenvalue weighted by molar-refractivity contribution is 7.14. The SMILES string of the molecule is CC(NC1CCN(C(=O)C(C)(C)C)CC1)c1csc(Cl)c1. The van der Waals surface area contributed by atoms with E-state index in [9.17, 15) is 4.79 Å². The first-order valence-corrected chi connectivity index (χ1v) is 8.82. The van der Waals surface area contributed by atoms with Crippen LogP contribution < -0.4 is 5.32 Å². The quantitative estimate of drug-likeness (QED) is 0.906. The van der Waals surface area contributed by atoms with Gasteiger partial charge in [0.25, 0.3) is 0 Å². The number of nitrogens with one attached hydrogen (secondary N) is 1. The van der Waals surface area contributed by atoms with E-state index in [4.69, 9.17) is 11.6 Å². The van der Waals surface area contributed by atoms with Gasteiger partial charge in [0.15, 0.2) is 0 Å². The third kappa shape index (κ3) is 4.44. The van der Waals surface area contributed by atoms with Crippen LogP contribution in [0.25, 0.3) is 0 Å². The molecule has 1 aromatic heterocycles. The van der Waals surface area contributed by atoms with Gasteiger partial charge in [-0.2, -0.15) is 0 Å². The average molecular weight is 329 g/mol. The van der Waals surface area contributed by atoms with E-state index >= 15 is 0 Å². The molecule has 0 bridgehead atoms. The van der Waals surface area contributed by atoms with Gasteiger partial charge in [0.1, 0.15) is 0 Å². The van der Waals surface area contributed by atoms with Gasteiger partial charge in [-0.15, -0.1) is 11.3 Å². The molecule has 1 aliphatic heterocycles. The Morgan fingerprint density at radius 2 is 2.05 bits per heavy atom. The van der Waals surface area contributed by atoms with E-state index in [-0.39, 0.29) is 11.3 Å². The summed E-state index contributed by atoms with van der Waals surface area (Å²) in [5, 5.41) is 5.77. The first kappa shape index (κ1) is 16.8. The summed E-state index contributed by atoms with van der Waals surface area (Å²) < 4.78 is 0.837. The van der Waals surface area contributed by atoms with Crippen molar-refractivity contribution in [3.8, 4) is 0 Å². The van der Waals surface area contributed by atoms with E-state index in [1.807, 2.05) is 31.7 Å². The van der Waals surface area contributed by atoms with Gasteiger partial charge in [0.05, 0.1) is 4.34 Å². The van der Waals surface area contributed by atoms with Gasteiger partial charge in [-0.25, -0.2) is 0 Å². The number of rotatable bonds is 3. The number of hydrogen-bond donors (Lipinski definition) is 1. The molecule has 1 fully saturated rings. The maximum absolute atomic E-state index is 12.3. The van der Waals surface area contributed by atoms with Gasteiger partial charge in [-0.1, -0.05) is 32.4 Å². The van der Waals surface area contributed by atoms with Crippen molar-refractivity contribution in [3.63, 3.8) is 0 Å². The zero-order chi connectivity index (χ0) is 15.6. The number of hydrogen-bond acceptors (Lipinski definition) is 3. The fourth-order valence-electron chi connectivity index (χ4n) is 2.72. The summed E-state index contributed by atoms with van der Waals surface area (Å²) in [5.41, 5.74) is 0.972. The molecule has 0 spiro atoms. The summed E-state index contributed by atoms with van der Waals surface area (Å²) in [7, 11) is 0. The summed E-state index contributed by atoms with van der Waals surface area (Å²) in [6.07, 6.45) is 2.04. The molecule has 0 saturated carbocycles. The van der Waals surface area contributed by atoms with Crippen LogP contribution in [0.1, 0.15) is 52.1 Å². The van der Waals surface area contributed by atoms with Crippen molar-refractivity contribution < 1.29 is 4.79 Å². The highest BCUT2D eigenvalue weighted by Crippen LogP contribution is 2.26. The third-order valence-electron chi connectivity index (χ3n) is 4.00. The maximum Gasteiger partial charge on any atom is 0.227 e. The van der Waals surface area contributed by atoms with Crippen molar-refractivity contribution in [2.24, 2.45) is 5.41 Å². The predicted octanol–water partition coefficient (Wildman–Crippen LogP) is 4.09. The van der Waals surface area contributed by atoms with Crippen LogP contribution in [0.3, 0.4) is 0 Å². The number of thiophene rings is 1. The lowest BCUT2D eigenvalue weighted by Gasteiger charge is -2.37. The normalized spacial score (nSPS) is 18.8. The van der Waals surface area contributed by atoms with Gasteiger partial charge in [-0.3, -0.25) is 4.79 Å². The first-order valence-electron chi connectivity index (χ1n) is 7.56. The molecule has 0 aliphatic carbocycles. The summed E-state index contributed by atoms with van der Waals surface area (Å²) in [5.74, 6) is 0.263. The van der Waals surface area contributed by atoms with Crippen molar-refractivity contribution >= 4 is 28.8 Å². The molecule has 1 N–H and O–H groups in total. The van der Waals surface area contributed by atoms with Crippen molar-refractivity contribution in [1.29, 1.82) is 0 Å². The molecule has 2 heterocycles. The largest absolute Gasteiger partial charge is 0.342 e. The zero-order valence-electron chi connectivity index (χ0n) is 13.3. The Balaban J connectivity index is 1.83. The minimum absolute atomic E-state index is 0.263. The molecule has 1 amide bonds. The second-order valence-corrected chi connectivity index (χ2v) is 8.43. The van der Waals surface area contributed by atoms with Crippen molar-refractivity contribution in [2.75, 3.05) is 13.1 Å². The standard InChI is InChI=1S/C16H25ClN2OS/c1-11(12-9-14(17)21-10-12)18-13-5-7-19(8-6-13)15(20)16(2,3)4/h9-11,13,18H,5-8H2,1-4H3. The van der Waals surface area contributed by atoms with E-state index in [0.29, 0.717) is 12.1 Å². The van der Waals surface area contributed by atoms with Gasteiger partial charge >= 0.3 is 0 Å². The van der Waals surface area contributed by atoms with E-state index in [0.717, 1.165) is 30.3 Å². The van der Waals surface area contributed by atoms with Crippen LogP contribution in [0, 0.1) is 5.41 Å². The van der Waals surface area contributed by atoms with Gasteiger partial charge in [-0.05, 0) is 36.8 Å². The summed E-state index contributed by atoms with van der Waals surface area (Å²) in [6, 6.07) is 2.81. The lowest BCUT2D eigenvalue weighted by molar-refractivity contribution is -0.140. The average Bonchev–Trinajstić information content (AvgIpc) is 2.84. The molecule has 1 atom stereocenters. The molecule has 118 valence electrons. The monoisotopic (exact) mass is 328 g/mol. The van der Waals surface area contributed by atoms with Crippen molar-refractivity contribution in [2.45, 2.75) is 52.6 Å². The number of likely N-dealkylation sites (tertiary alicyclic amines) is 1. The number of halogens is 1. The summed E-state index contributed by atoms with van der Waals surface area (Å²) in [6.45, 7) is 9.84. The number of carbonyl (C=O) groups is 1. The molecule has 3 nitrogen and oxygen atoms in total. The summed E-state index contributed by atoms with van der Waals surface area (Å²) >= 11 is 7.56. The molecule has 2 rings (SSSR count). The van der Waals surface area contributed by atoms with Crippen LogP contribution >= 0.6 is 22.9 Å². The Morgan fingerprint density at radius 3 is 2.52 bits per heavy atom. The fourth-order valence-corrected chi connectivity index (χ4v) is 3.71. The smallest absolute Gasteiger partial charge is 0.227 e. The van der Waals surface area contributed by atoms with E-state index in [1.165, 1.54) is 5.56 Å². The molecular formula is C16H25ClN2OS. The van der Waals surface area contributed by atoms with Crippen LogP contribution in [0.5, 0.6) is 0 Å². The second kappa shape index (κ2) is 6.67. The van der Waals surface area contributed by atoms with Crippen molar-refractivity contribution in [3.05, 3.63) is 21.3 Å². The van der Waals surface area contributed by atoms with Crippen LogP contribution in [0.15, 0.2) is 11.4 Å². The molecule has 1 aromatic rings. The molecule has 1 saturated heterocycles. The number of carbonyl (C=O) groups excluding carboxylic acids is 1. The number of piperidine rings is 1. The fraction of sp³-hybridized carbons (Fsp3) is 0.688. The number of amides is 1. The van der Waals surface area contributed by atoms with Crippen molar-refractivity contribution in [1.82, 2.24) is 10.2 Å². The molecule has 1 unspecified atom stereocenters. The second-order valence-electron chi connectivity index (χ2n) is 6.89. The van der Waals surface area contributed by atoms with E-state index < -0.39 is 0 Å². The Labute approximate surface area is 136 Å². The van der Waals surface area contributed by atoms with Crippen LogP contribution in [-0.2, 0) is 4.79 Å². The molecule has 0 radical (unpaired) electrons. The lowest BCUT2D eigenvalue weighted by Crippen LogP contribution is -2.48. The zero-order valence-corrected chi connectivity index (χ0v) is 14.9. The van der Waals surface area contributed by atoms with Crippen LogP contribution in [-0.4, -0.2) is 29.9 Å². The molecule has 21 heavy (non-hydrogen) atoms. The first-order chi connectivity index (χ1) is 9.77. The van der Waals surface area contributed by atoms with E-state index in [2.05, 4.69) is 17.6 Å². The highest BCUT2D eigenvalue weighted by atomic mass is 35.5. The molecule has 5 heteroatoms. The van der Waals surface area contributed by atoms with Crippen LogP contribution in [0.4, 0.5) is 0 Å². The predicted molar refractivity (Wildman–Crippen MR) is 89.9 cm³/mol. The van der Waals surface area contributed by atoms with Gasteiger partial charge < -0.3 is 10.2 Å². The minimum Gasteiger partial charge on any atom is -0.342 e. The molecule has 1 aliphatic rings. The Kier molecular flexibility index (Phi) is 5.33. The lowest BCUT2D eigenvalue weighted by atomic mass is 9.93. The number of nitrogens with zero attached hydrogens (tertiary/aromatic N) is 1. The summed E-state index contributed by atoms with van der Waals surface area (Å²) in [4.78, 5) is 14.3. The Bertz CT molecular complexity index is 487. The van der Waals surface area contributed by atoms with Crippen LogP contribution in [0.2, 0.25) is 4.34 Å². The highest BCUT2D eigenvalue weighted by Gasteiger charge is 2.30. The minimum atomic E-state index is -0.277. The Morgan fingerprint density at radius 1 is 1.43 bits per heavy atom. The Hall–Kier alpha value is -0.580. The third-order valence-corrected chi connectivity index (χ3v) is 5.11. The van der Waals surface area contributed by atoms with E-state index in [1.54, 1.807) is 11.3 Å². The maximum atomic E-state index is 12.3. The molecular weight excluding hydrogens is 304 g/mol. The van der Waals surface area contributed by atoms with Gasteiger partial charge in [0, 0.05) is 30.6 Å². The topological polar surface area (TPSA) is 32.3 Å².